The van der Waals surface area contributed by atoms with E-state index in [-0.39, 0.29) is 5.92 Å². The fourth-order valence-electron chi connectivity index (χ4n) is 3.64. The summed E-state index contributed by atoms with van der Waals surface area (Å²) in [6, 6.07) is 7.17. The van der Waals surface area contributed by atoms with Gasteiger partial charge in [-0.25, -0.2) is 0 Å². The third-order valence-corrected chi connectivity index (χ3v) is 5.56. The lowest BCUT2D eigenvalue weighted by Gasteiger charge is -2.24. The van der Waals surface area contributed by atoms with Gasteiger partial charge in [-0.2, -0.15) is 0 Å². The second-order valence-corrected chi connectivity index (χ2v) is 7.95. The Hall–Kier alpha value is -1.10. The molecule has 1 aromatic carbocycles. The minimum Gasteiger partial charge on any atom is -0.399 e. The molecule has 0 saturated carbocycles. The molecule has 4 nitrogen and oxygen atoms in total. The largest absolute Gasteiger partial charge is 0.399 e. The first-order valence-electron chi connectivity index (χ1n) is 11.0. The van der Waals surface area contributed by atoms with Crippen molar-refractivity contribution in [2.24, 2.45) is 11.7 Å². The number of rotatable bonds is 16. The molecule has 0 bridgehead atoms. The van der Waals surface area contributed by atoms with E-state index in [1.807, 2.05) is 12.1 Å². The summed E-state index contributed by atoms with van der Waals surface area (Å²) >= 11 is 0. The second kappa shape index (κ2) is 14.9. The standard InChI is InChI=1S/C23H42N2O2/c1-2-3-4-5-6-7-8-9-10-11-12-20(18-24)23(27)17-22(26)19-13-15-21(25)16-14-19/h13-16,20,22-23,26-27H,2-12,17-18,24-25H2,1H3/t20-,22?,23?/m1/s1. The van der Waals surface area contributed by atoms with Crippen LogP contribution >= 0.6 is 0 Å². The molecule has 0 amide bonds. The van der Waals surface area contributed by atoms with Crippen molar-refractivity contribution < 1.29 is 10.2 Å². The number of aliphatic hydroxyl groups excluding tert-OH is 2. The molecule has 1 rings (SSSR count). The maximum absolute atomic E-state index is 10.5. The van der Waals surface area contributed by atoms with Crippen LogP contribution < -0.4 is 11.5 Å². The van der Waals surface area contributed by atoms with Crippen LogP contribution in [-0.4, -0.2) is 22.9 Å². The van der Waals surface area contributed by atoms with Gasteiger partial charge in [-0.15, -0.1) is 0 Å². The van der Waals surface area contributed by atoms with Gasteiger partial charge in [-0.1, -0.05) is 83.3 Å². The summed E-state index contributed by atoms with van der Waals surface area (Å²) in [5, 5.41) is 20.8. The van der Waals surface area contributed by atoms with E-state index < -0.39 is 12.2 Å². The fraction of sp³-hybridized carbons (Fsp3) is 0.739. The van der Waals surface area contributed by atoms with Crippen LogP contribution in [0.15, 0.2) is 24.3 Å². The number of unbranched alkanes of at least 4 members (excludes halogenated alkanes) is 9. The molecule has 0 heterocycles. The van der Waals surface area contributed by atoms with Crippen molar-refractivity contribution in [1.82, 2.24) is 0 Å². The molecule has 2 unspecified atom stereocenters. The molecular formula is C23H42N2O2. The maximum Gasteiger partial charge on any atom is 0.0814 e. The van der Waals surface area contributed by atoms with Gasteiger partial charge < -0.3 is 21.7 Å². The molecule has 6 N–H and O–H groups in total. The predicted octanol–water partition coefficient (Wildman–Crippen LogP) is 4.94. The van der Waals surface area contributed by atoms with Crippen LogP contribution in [0.3, 0.4) is 0 Å². The van der Waals surface area contributed by atoms with Gasteiger partial charge in [0, 0.05) is 12.1 Å². The van der Waals surface area contributed by atoms with Crippen LogP contribution in [-0.2, 0) is 0 Å². The van der Waals surface area contributed by atoms with Crippen molar-refractivity contribution in [3.05, 3.63) is 29.8 Å². The molecule has 3 atom stereocenters. The minimum atomic E-state index is -0.678. The van der Waals surface area contributed by atoms with E-state index in [1.54, 1.807) is 12.1 Å². The van der Waals surface area contributed by atoms with Crippen LogP contribution in [0.2, 0.25) is 0 Å². The number of anilines is 1. The van der Waals surface area contributed by atoms with Crippen LogP contribution in [0.4, 0.5) is 5.69 Å². The normalized spacial score (nSPS) is 14.8. The van der Waals surface area contributed by atoms with Crippen LogP contribution in [0, 0.1) is 5.92 Å². The van der Waals surface area contributed by atoms with Gasteiger partial charge in [0.1, 0.15) is 0 Å². The summed E-state index contributed by atoms with van der Waals surface area (Å²) in [6.07, 6.45) is 13.1. The van der Waals surface area contributed by atoms with E-state index in [4.69, 9.17) is 11.5 Å². The molecule has 4 heteroatoms. The predicted molar refractivity (Wildman–Crippen MR) is 115 cm³/mol. The molecule has 1 aromatic rings. The van der Waals surface area contributed by atoms with Crippen LogP contribution in [0.1, 0.15) is 95.6 Å². The quantitative estimate of drug-likeness (QED) is 0.242. The number of nitrogens with two attached hydrogens (primary N) is 2. The Balaban J connectivity index is 2.16. The summed E-state index contributed by atoms with van der Waals surface area (Å²) in [5.41, 5.74) is 13.0. The number of hydrogen-bond donors (Lipinski definition) is 4. The Kier molecular flexibility index (Phi) is 13.2. The SMILES string of the molecule is CCCCCCCCCCCC[C@H](CN)C(O)CC(O)c1ccc(N)cc1. The summed E-state index contributed by atoms with van der Waals surface area (Å²) in [7, 11) is 0. The van der Waals surface area contributed by atoms with E-state index >= 15 is 0 Å². The lowest BCUT2D eigenvalue weighted by atomic mass is 9.90. The van der Waals surface area contributed by atoms with Gasteiger partial charge in [0.15, 0.2) is 0 Å². The first-order chi connectivity index (χ1) is 13.1. The van der Waals surface area contributed by atoms with Crippen molar-refractivity contribution >= 4 is 5.69 Å². The highest BCUT2D eigenvalue weighted by molar-refractivity contribution is 5.39. The molecule has 156 valence electrons. The lowest BCUT2D eigenvalue weighted by Crippen LogP contribution is -2.29. The smallest absolute Gasteiger partial charge is 0.0814 e. The van der Waals surface area contributed by atoms with E-state index in [0.717, 1.165) is 18.4 Å². The van der Waals surface area contributed by atoms with Gasteiger partial charge in [-0.05, 0) is 36.6 Å². The van der Waals surface area contributed by atoms with Gasteiger partial charge in [0.25, 0.3) is 0 Å². The maximum atomic E-state index is 10.5. The molecule has 0 aliphatic heterocycles. The van der Waals surface area contributed by atoms with E-state index in [0.29, 0.717) is 18.7 Å². The van der Waals surface area contributed by atoms with Gasteiger partial charge in [-0.3, -0.25) is 0 Å². The monoisotopic (exact) mass is 378 g/mol. The minimum absolute atomic E-state index is 0.0578. The highest BCUT2D eigenvalue weighted by atomic mass is 16.3. The molecule has 0 aromatic heterocycles. The zero-order valence-electron chi connectivity index (χ0n) is 17.3. The number of nitrogen functional groups attached to an aromatic ring is 1. The third kappa shape index (κ3) is 10.7. The molecular weight excluding hydrogens is 336 g/mol. The van der Waals surface area contributed by atoms with E-state index in [1.165, 1.54) is 57.8 Å². The summed E-state index contributed by atoms with van der Waals surface area (Å²) in [6.45, 7) is 2.72. The highest BCUT2D eigenvalue weighted by Gasteiger charge is 2.21. The van der Waals surface area contributed by atoms with Crippen molar-refractivity contribution in [3.8, 4) is 0 Å². The highest BCUT2D eigenvalue weighted by Crippen LogP contribution is 2.24. The summed E-state index contributed by atoms with van der Waals surface area (Å²) in [5.74, 6) is 0.0578. The lowest BCUT2D eigenvalue weighted by molar-refractivity contribution is 0.0418. The van der Waals surface area contributed by atoms with Crippen LogP contribution in [0.25, 0.3) is 0 Å². The molecule has 0 fully saturated rings. The number of aliphatic hydroxyl groups is 2. The summed E-state index contributed by atoms with van der Waals surface area (Å²) in [4.78, 5) is 0. The van der Waals surface area contributed by atoms with Crippen molar-refractivity contribution in [2.45, 2.75) is 96.2 Å². The van der Waals surface area contributed by atoms with Crippen molar-refractivity contribution in [2.75, 3.05) is 12.3 Å². The fourth-order valence-corrected chi connectivity index (χ4v) is 3.64. The second-order valence-electron chi connectivity index (χ2n) is 7.95. The van der Waals surface area contributed by atoms with Gasteiger partial charge in [0.2, 0.25) is 0 Å². The Morgan fingerprint density at radius 2 is 1.33 bits per heavy atom. The average molecular weight is 379 g/mol. The Morgan fingerprint density at radius 3 is 1.85 bits per heavy atom. The van der Waals surface area contributed by atoms with Crippen molar-refractivity contribution in [3.63, 3.8) is 0 Å². The molecule has 0 spiro atoms. The van der Waals surface area contributed by atoms with E-state index in [9.17, 15) is 10.2 Å². The van der Waals surface area contributed by atoms with Gasteiger partial charge >= 0.3 is 0 Å². The average Bonchev–Trinajstić information content (AvgIpc) is 2.66. The molecule has 27 heavy (non-hydrogen) atoms. The third-order valence-electron chi connectivity index (χ3n) is 5.56. The molecule has 0 radical (unpaired) electrons. The van der Waals surface area contributed by atoms with Gasteiger partial charge in [0.05, 0.1) is 12.2 Å². The first-order valence-corrected chi connectivity index (χ1v) is 11.0. The van der Waals surface area contributed by atoms with Crippen molar-refractivity contribution in [1.29, 1.82) is 0 Å². The Morgan fingerprint density at radius 1 is 0.815 bits per heavy atom. The molecule has 0 saturated heterocycles. The Bertz CT molecular complexity index is 464. The molecule has 0 aliphatic carbocycles. The zero-order chi connectivity index (χ0) is 19.9. The summed E-state index contributed by atoms with van der Waals surface area (Å²) < 4.78 is 0. The number of benzene rings is 1. The van der Waals surface area contributed by atoms with E-state index in [2.05, 4.69) is 6.92 Å². The molecule has 0 aliphatic rings. The first kappa shape index (κ1) is 23.9. The topological polar surface area (TPSA) is 92.5 Å². The number of hydrogen-bond acceptors (Lipinski definition) is 4. The Labute approximate surface area is 166 Å². The van der Waals surface area contributed by atoms with Crippen LogP contribution in [0.5, 0.6) is 0 Å². The zero-order valence-corrected chi connectivity index (χ0v) is 17.3.